The number of hydrogen-bond donors (Lipinski definition) is 1. The second kappa shape index (κ2) is 8.92. The highest BCUT2D eigenvalue weighted by molar-refractivity contribution is 8.00. The fourth-order valence-corrected chi connectivity index (χ4v) is 2.97. The van der Waals surface area contributed by atoms with Crippen molar-refractivity contribution >= 4 is 52.5 Å². The number of carbonyl (C=O) groups excluding carboxylic acids is 2. The Kier molecular flexibility index (Phi) is 6.90. The second-order valence-electron chi connectivity index (χ2n) is 4.59. The van der Waals surface area contributed by atoms with Crippen molar-refractivity contribution in [1.82, 2.24) is 0 Å². The van der Waals surface area contributed by atoms with E-state index in [2.05, 4.69) is 5.32 Å². The molecular weight excluding hydrogens is 376 g/mol. The van der Waals surface area contributed by atoms with E-state index >= 15 is 0 Å². The summed E-state index contributed by atoms with van der Waals surface area (Å²) in [6.07, 6.45) is 0. The van der Waals surface area contributed by atoms with Crippen LogP contribution in [0.1, 0.15) is 0 Å². The molecule has 0 unspecified atom stereocenters. The average molecular weight is 388 g/mol. The van der Waals surface area contributed by atoms with Gasteiger partial charge in [-0.3, -0.25) is 9.59 Å². The first kappa shape index (κ1) is 18.6. The van der Waals surface area contributed by atoms with Gasteiger partial charge >= 0.3 is 5.97 Å². The van der Waals surface area contributed by atoms with Gasteiger partial charge in [0, 0.05) is 20.6 Å². The summed E-state index contributed by atoms with van der Waals surface area (Å²) >= 11 is 12.6. The van der Waals surface area contributed by atoms with Gasteiger partial charge in [0.25, 0.3) is 5.91 Å². The third-order valence-electron chi connectivity index (χ3n) is 2.69. The summed E-state index contributed by atoms with van der Waals surface area (Å²) in [7, 11) is 0. The van der Waals surface area contributed by atoms with E-state index in [0.717, 1.165) is 11.8 Å². The minimum absolute atomic E-state index is 0.1000. The molecule has 24 heavy (non-hydrogen) atoms. The summed E-state index contributed by atoms with van der Waals surface area (Å²) in [5.41, 5.74) is 0.397. The fraction of sp³-hybridized carbons (Fsp3) is 0.125. The Bertz CT molecular complexity index is 738. The maximum atomic E-state index is 13.4. The Morgan fingerprint density at radius 3 is 2.46 bits per heavy atom. The zero-order chi connectivity index (χ0) is 17.5. The monoisotopic (exact) mass is 387 g/mol. The number of esters is 1. The van der Waals surface area contributed by atoms with E-state index in [9.17, 15) is 14.0 Å². The van der Waals surface area contributed by atoms with Crippen LogP contribution in [0, 0.1) is 5.82 Å². The molecular formula is C16H12Cl2FNO3S. The van der Waals surface area contributed by atoms with Crippen molar-refractivity contribution in [3.63, 3.8) is 0 Å². The normalized spacial score (nSPS) is 10.3. The smallest absolute Gasteiger partial charge is 0.316 e. The molecule has 0 fully saturated rings. The Hall–Kier alpha value is -1.76. The van der Waals surface area contributed by atoms with Crippen LogP contribution in [0.4, 0.5) is 10.1 Å². The second-order valence-corrected chi connectivity index (χ2v) is 6.48. The van der Waals surface area contributed by atoms with Gasteiger partial charge in [-0.05, 0) is 30.3 Å². The zero-order valence-corrected chi connectivity index (χ0v) is 14.6. The summed E-state index contributed by atoms with van der Waals surface area (Å²) in [6.45, 7) is -0.458. The van der Waals surface area contributed by atoms with E-state index in [1.165, 1.54) is 24.3 Å². The molecule has 0 aromatic heterocycles. The molecule has 1 N–H and O–H groups in total. The van der Waals surface area contributed by atoms with E-state index in [0.29, 0.717) is 20.6 Å². The molecule has 0 bridgehead atoms. The highest BCUT2D eigenvalue weighted by atomic mass is 35.5. The molecule has 0 heterocycles. The minimum Gasteiger partial charge on any atom is -0.455 e. The van der Waals surface area contributed by atoms with Gasteiger partial charge in [0.05, 0.1) is 5.75 Å². The van der Waals surface area contributed by atoms with Gasteiger partial charge in [-0.25, -0.2) is 4.39 Å². The van der Waals surface area contributed by atoms with Crippen molar-refractivity contribution in [1.29, 1.82) is 0 Å². The number of anilines is 1. The first-order valence-electron chi connectivity index (χ1n) is 6.73. The molecule has 4 nitrogen and oxygen atoms in total. The lowest BCUT2D eigenvalue weighted by Gasteiger charge is -2.07. The standard InChI is InChI=1S/C16H12Cl2FNO3S/c17-10-5-11(18)7-12(6-10)20-15(21)8-23-16(22)9-24-14-4-2-1-3-13(14)19/h1-7H,8-9H2,(H,20,21). The molecule has 0 aliphatic carbocycles. The Labute approximate surface area is 152 Å². The molecule has 0 aliphatic rings. The summed E-state index contributed by atoms with van der Waals surface area (Å²) in [6, 6.07) is 10.6. The van der Waals surface area contributed by atoms with Gasteiger partial charge in [-0.1, -0.05) is 35.3 Å². The van der Waals surface area contributed by atoms with Crippen LogP contribution in [-0.4, -0.2) is 24.2 Å². The molecule has 8 heteroatoms. The zero-order valence-electron chi connectivity index (χ0n) is 12.2. The number of nitrogens with one attached hydrogen (secondary N) is 1. The Morgan fingerprint density at radius 1 is 1.12 bits per heavy atom. The molecule has 2 aromatic rings. The van der Waals surface area contributed by atoms with Gasteiger partial charge in [-0.2, -0.15) is 0 Å². The van der Waals surface area contributed by atoms with Gasteiger partial charge in [0.1, 0.15) is 5.82 Å². The Balaban J connectivity index is 1.77. The predicted octanol–water partition coefficient (Wildman–Crippen LogP) is 4.41. The first-order chi connectivity index (χ1) is 11.4. The highest BCUT2D eigenvalue weighted by Crippen LogP contribution is 2.23. The van der Waals surface area contributed by atoms with Crippen LogP contribution in [0.2, 0.25) is 10.0 Å². The highest BCUT2D eigenvalue weighted by Gasteiger charge is 2.10. The van der Waals surface area contributed by atoms with Crippen molar-refractivity contribution in [2.24, 2.45) is 0 Å². The van der Waals surface area contributed by atoms with Crippen LogP contribution in [0.3, 0.4) is 0 Å². The van der Waals surface area contributed by atoms with E-state index in [4.69, 9.17) is 27.9 Å². The van der Waals surface area contributed by atoms with Crippen molar-refractivity contribution in [2.45, 2.75) is 4.90 Å². The lowest BCUT2D eigenvalue weighted by molar-refractivity contribution is -0.144. The molecule has 126 valence electrons. The number of thioether (sulfide) groups is 1. The maximum absolute atomic E-state index is 13.4. The van der Waals surface area contributed by atoms with E-state index < -0.39 is 24.3 Å². The number of benzene rings is 2. The van der Waals surface area contributed by atoms with Crippen LogP contribution in [0.15, 0.2) is 47.4 Å². The number of ether oxygens (including phenoxy) is 1. The molecule has 0 saturated heterocycles. The Morgan fingerprint density at radius 2 is 1.79 bits per heavy atom. The number of hydrogen-bond acceptors (Lipinski definition) is 4. The number of halogens is 3. The van der Waals surface area contributed by atoms with Crippen LogP contribution in [0.5, 0.6) is 0 Å². The number of rotatable bonds is 6. The van der Waals surface area contributed by atoms with E-state index in [1.807, 2.05) is 0 Å². The van der Waals surface area contributed by atoms with Gasteiger partial charge in [0.15, 0.2) is 6.61 Å². The quantitative estimate of drug-likeness (QED) is 0.589. The molecule has 0 radical (unpaired) electrons. The van der Waals surface area contributed by atoms with E-state index in [-0.39, 0.29) is 5.75 Å². The number of amides is 1. The lowest BCUT2D eigenvalue weighted by Crippen LogP contribution is -2.21. The van der Waals surface area contributed by atoms with Crippen LogP contribution in [0.25, 0.3) is 0 Å². The third-order valence-corrected chi connectivity index (χ3v) is 4.15. The predicted molar refractivity (Wildman–Crippen MR) is 93.2 cm³/mol. The number of carbonyl (C=O) groups is 2. The van der Waals surface area contributed by atoms with Crippen molar-refractivity contribution in [3.8, 4) is 0 Å². The summed E-state index contributed by atoms with van der Waals surface area (Å²) in [5.74, 6) is -1.66. The SMILES string of the molecule is O=C(COC(=O)CSc1ccccc1F)Nc1cc(Cl)cc(Cl)c1. The van der Waals surface area contributed by atoms with Crippen molar-refractivity contribution < 1.29 is 18.7 Å². The lowest BCUT2D eigenvalue weighted by atomic mass is 10.3. The molecule has 2 rings (SSSR count). The van der Waals surface area contributed by atoms with Crippen LogP contribution < -0.4 is 5.32 Å². The average Bonchev–Trinajstić information content (AvgIpc) is 2.51. The van der Waals surface area contributed by atoms with E-state index in [1.54, 1.807) is 18.2 Å². The van der Waals surface area contributed by atoms with Gasteiger partial charge in [-0.15, -0.1) is 11.8 Å². The minimum atomic E-state index is -0.623. The van der Waals surface area contributed by atoms with Crippen molar-refractivity contribution in [2.75, 3.05) is 17.7 Å². The fourth-order valence-electron chi connectivity index (χ4n) is 1.71. The maximum Gasteiger partial charge on any atom is 0.316 e. The summed E-state index contributed by atoms with van der Waals surface area (Å²) < 4.78 is 18.2. The molecule has 0 aliphatic heterocycles. The van der Waals surface area contributed by atoms with Crippen molar-refractivity contribution in [3.05, 3.63) is 58.3 Å². The van der Waals surface area contributed by atoms with Gasteiger partial charge < -0.3 is 10.1 Å². The summed E-state index contributed by atoms with van der Waals surface area (Å²) in [4.78, 5) is 23.7. The largest absolute Gasteiger partial charge is 0.455 e. The molecule has 0 saturated carbocycles. The summed E-state index contributed by atoms with van der Waals surface area (Å²) in [5, 5.41) is 3.25. The van der Waals surface area contributed by atoms with Crippen LogP contribution in [-0.2, 0) is 14.3 Å². The molecule has 1 amide bonds. The topological polar surface area (TPSA) is 55.4 Å². The third kappa shape index (κ3) is 6.03. The van der Waals surface area contributed by atoms with Gasteiger partial charge in [0.2, 0.25) is 0 Å². The van der Waals surface area contributed by atoms with Crippen LogP contribution >= 0.6 is 35.0 Å². The molecule has 0 spiro atoms. The molecule has 2 aromatic carbocycles. The first-order valence-corrected chi connectivity index (χ1v) is 8.47. The molecule has 0 atom stereocenters.